The topological polar surface area (TPSA) is 43.9 Å². The second kappa shape index (κ2) is 10.2. The molecule has 8 aromatic rings. The summed E-state index contributed by atoms with van der Waals surface area (Å²) < 4.78 is 8.43. The quantitative estimate of drug-likeness (QED) is 0.206. The fourth-order valence-corrected chi connectivity index (χ4v) is 6.53. The average molecular weight is 572 g/mol. The highest BCUT2D eigenvalue weighted by molar-refractivity contribution is 6.04. The van der Waals surface area contributed by atoms with Crippen molar-refractivity contribution < 1.29 is 4.42 Å². The van der Waals surface area contributed by atoms with Crippen LogP contribution in [0.15, 0.2) is 120 Å². The van der Waals surface area contributed by atoms with Crippen LogP contribution in [0.4, 0.5) is 0 Å². The van der Waals surface area contributed by atoms with Gasteiger partial charge in [0, 0.05) is 22.5 Å². The molecule has 44 heavy (non-hydrogen) atoms. The van der Waals surface area contributed by atoms with Crippen LogP contribution in [0.1, 0.15) is 50.7 Å². The molecule has 0 aliphatic carbocycles. The van der Waals surface area contributed by atoms with Crippen LogP contribution >= 0.6 is 0 Å². The summed E-state index contributed by atoms with van der Waals surface area (Å²) in [7, 11) is 0. The summed E-state index contributed by atoms with van der Waals surface area (Å²) >= 11 is 0. The van der Waals surface area contributed by atoms with Gasteiger partial charge in [-0.15, -0.1) is 0 Å². The van der Waals surface area contributed by atoms with Crippen molar-refractivity contribution in [2.45, 2.75) is 39.5 Å². The molecule has 0 spiro atoms. The minimum absolute atomic E-state index is 0.287. The first-order valence-corrected chi connectivity index (χ1v) is 15.4. The zero-order chi connectivity index (χ0) is 29.9. The Morgan fingerprint density at radius 1 is 0.614 bits per heavy atom. The van der Waals surface area contributed by atoms with Gasteiger partial charge in [-0.05, 0) is 87.3 Å². The molecule has 0 fully saturated rings. The number of nitrogens with zero attached hydrogens (tertiary/aromatic N) is 3. The van der Waals surface area contributed by atoms with Crippen molar-refractivity contribution in [3.63, 3.8) is 0 Å². The van der Waals surface area contributed by atoms with Crippen molar-refractivity contribution in [2.24, 2.45) is 0 Å². The maximum absolute atomic E-state index is 6.06. The molecule has 5 aromatic carbocycles. The van der Waals surface area contributed by atoms with Gasteiger partial charge in [0.2, 0.25) is 5.71 Å². The van der Waals surface area contributed by atoms with E-state index in [0.29, 0.717) is 5.71 Å². The second-order valence-corrected chi connectivity index (χ2v) is 12.3. The van der Waals surface area contributed by atoms with E-state index in [0.717, 1.165) is 38.8 Å². The fraction of sp³-hybridized carbons (Fsp3) is 0.150. The van der Waals surface area contributed by atoms with Crippen LogP contribution in [0.5, 0.6) is 0 Å². The van der Waals surface area contributed by atoms with Crippen LogP contribution in [-0.4, -0.2) is 14.5 Å². The third kappa shape index (κ3) is 4.21. The van der Waals surface area contributed by atoms with Gasteiger partial charge in [0.1, 0.15) is 11.4 Å². The van der Waals surface area contributed by atoms with Crippen LogP contribution < -0.4 is 0 Å². The number of aromatic nitrogens is 3. The van der Waals surface area contributed by atoms with Gasteiger partial charge in [-0.2, -0.15) is 0 Å². The van der Waals surface area contributed by atoms with E-state index in [1.54, 1.807) is 0 Å². The first-order chi connectivity index (χ1) is 21.5. The zero-order valence-electron chi connectivity index (χ0n) is 25.4. The second-order valence-electron chi connectivity index (χ2n) is 12.3. The van der Waals surface area contributed by atoms with Crippen LogP contribution in [0.3, 0.4) is 0 Å². The summed E-state index contributed by atoms with van der Waals surface area (Å²) in [6.07, 6.45) is 1.90. The van der Waals surface area contributed by atoms with Crippen molar-refractivity contribution >= 4 is 43.9 Å². The van der Waals surface area contributed by atoms with Gasteiger partial charge < -0.3 is 4.42 Å². The molecule has 0 saturated heterocycles. The highest BCUT2D eigenvalue weighted by Gasteiger charge is 2.24. The molecule has 0 saturated carbocycles. The first kappa shape index (κ1) is 26.4. The van der Waals surface area contributed by atoms with Crippen molar-refractivity contribution in [1.82, 2.24) is 14.5 Å². The van der Waals surface area contributed by atoms with Crippen LogP contribution in [-0.2, 0) is 0 Å². The van der Waals surface area contributed by atoms with Gasteiger partial charge >= 0.3 is 0 Å². The van der Waals surface area contributed by atoms with Gasteiger partial charge in [-0.1, -0.05) is 94.4 Å². The minimum atomic E-state index is 0.287. The van der Waals surface area contributed by atoms with E-state index in [1.807, 2.05) is 24.4 Å². The number of benzene rings is 5. The number of pyridine rings is 1. The van der Waals surface area contributed by atoms with Gasteiger partial charge in [-0.3, -0.25) is 4.57 Å². The Kier molecular flexibility index (Phi) is 6.12. The maximum Gasteiger partial charge on any atom is 0.227 e. The molecular formula is C40H33N3O. The number of rotatable bonds is 5. The van der Waals surface area contributed by atoms with E-state index in [1.165, 1.54) is 38.7 Å². The molecule has 0 N–H and O–H groups in total. The Hall–Kier alpha value is -5.22. The van der Waals surface area contributed by atoms with E-state index >= 15 is 0 Å². The Morgan fingerprint density at radius 2 is 1.32 bits per heavy atom. The number of imidazole rings is 1. The Bertz CT molecular complexity index is 2330. The first-order valence-electron chi connectivity index (χ1n) is 15.4. The van der Waals surface area contributed by atoms with Crippen LogP contribution in [0.2, 0.25) is 0 Å². The molecule has 8 rings (SSSR count). The predicted octanol–water partition coefficient (Wildman–Crippen LogP) is 11.1. The molecule has 0 amide bonds. The largest absolute Gasteiger partial charge is 0.438 e. The summed E-state index contributed by atoms with van der Waals surface area (Å²) in [6.45, 7) is 9.16. The lowest BCUT2D eigenvalue weighted by atomic mass is 9.87. The van der Waals surface area contributed by atoms with Crippen LogP contribution in [0.25, 0.3) is 72.1 Å². The SMILES string of the molecule is CC(C)c1cc(-c2ccc3ccccc3c2)cc(C(C)C)c1-n1c(-c2cnc3oc4ccccc4c3c2)nc2ccccc21. The number of furan rings is 1. The maximum atomic E-state index is 6.06. The molecule has 4 heteroatoms. The Labute approximate surface area is 256 Å². The van der Waals surface area contributed by atoms with E-state index in [9.17, 15) is 0 Å². The van der Waals surface area contributed by atoms with Crippen molar-refractivity contribution in [3.8, 4) is 28.2 Å². The molecule has 0 bridgehead atoms. The molecule has 3 aromatic heterocycles. The van der Waals surface area contributed by atoms with E-state index in [-0.39, 0.29) is 11.8 Å². The van der Waals surface area contributed by atoms with E-state index in [2.05, 4.69) is 123 Å². The summed E-state index contributed by atoms with van der Waals surface area (Å²) in [5.41, 5.74) is 10.8. The zero-order valence-corrected chi connectivity index (χ0v) is 25.4. The van der Waals surface area contributed by atoms with Crippen molar-refractivity contribution in [3.05, 3.63) is 127 Å². The monoisotopic (exact) mass is 571 g/mol. The lowest BCUT2D eigenvalue weighted by molar-refractivity contribution is 0.654. The van der Waals surface area contributed by atoms with Gasteiger partial charge in [0.15, 0.2) is 0 Å². The molecule has 0 aliphatic rings. The number of fused-ring (bicyclic) bond motifs is 5. The molecule has 0 unspecified atom stereocenters. The molecule has 0 atom stereocenters. The van der Waals surface area contributed by atoms with Gasteiger partial charge in [0.25, 0.3) is 0 Å². The molecule has 0 radical (unpaired) electrons. The molecule has 4 nitrogen and oxygen atoms in total. The lowest BCUT2D eigenvalue weighted by Gasteiger charge is -2.24. The normalized spacial score (nSPS) is 12.0. The summed E-state index contributed by atoms with van der Waals surface area (Å²) in [5, 5.41) is 4.57. The smallest absolute Gasteiger partial charge is 0.227 e. The minimum Gasteiger partial charge on any atom is -0.438 e. The molecule has 3 heterocycles. The summed E-state index contributed by atoms with van der Waals surface area (Å²) in [4.78, 5) is 10.0. The van der Waals surface area contributed by atoms with Crippen molar-refractivity contribution in [2.75, 3.05) is 0 Å². The summed E-state index contributed by atoms with van der Waals surface area (Å²) in [5.74, 6) is 1.46. The van der Waals surface area contributed by atoms with Crippen molar-refractivity contribution in [1.29, 1.82) is 0 Å². The number of hydrogen-bond donors (Lipinski definition) is 0. The third-order valence-corrected chi connectivity index (χ3v) is 8.77. The third-order valence-electron chi connectivity index (χ3n) is 8.77. The van der Waals surface area contributed by atoms with Gasteiger partial charge in [-0.25, -0.2) is 9.97 Å². The van der Waals surface area contributed by atoms with E-state index < -0.39 is 0 Å². The highest BCUT2D eigenvalue weighted by Crippen LogP contribution is 2.41. The molecular weight excluding hydrogens is 538 g/mol. The van der Waals surface area contributed by atoms with E-state index in [4.69, 9.17) is 14.4 Å². The fourth-order valence-electron chi connectivity index (χ4n) is 6.53. The Balaban J connectivity index is 1.41. The Morgan fingerprint density at radius 3 is 2.11 bits per heavy atom. The predicted molar refractivity (Wildman–Crippen MR) is 183 cm³/mol. The standard InChI is InChI=1S/C40H33N3O/c1-24(2)32-20-29(28-18-17-26-11-5-6-12-27(26)19-28)21-33(25(3)4)38(32)43-36-15-9-8-14-35(36)42-39(43)30-22-34-31-13-7-10-16-37(31)44-40(34)41-23-30/h5-25H,1-4H3. The highest BCUT2D eigenvalue weighted by atomic mass is 16.3. The van der Waals surface area contributed by atoms with Crippen LogP contribution in [0, 0.1) is 0 Å². The number of para-hydroxylation sites is 3. The van der Waals surface area contributed by atoms with Gasteiger partial charge in [0.05, 0.1) is 16.7 Å². The molecule has 214 valence electrons. The lowest BCUT2D eigenvalue weighted by Crippen LogP contribution is -2.09. The number of hydrogen-bond acceptors (Lipinski definition) is 3. The molecule has 0 aliphatic heterocycles. The average Bonchev–Trinajstić information content (AvgIpc) is 3.62. The summed E-state index contributed by atoms with van der Waals surface area (Å²) in [6, 6.07) is 38.9.